The first-order valence-corrected chi connectivity index (χ1v) is 9.42. The summed E-state index contributed by atoms with van der Waals surface area (Å²) in [7, 11) is -3.49. The molecule has 0 radical (unpaired) electrons. The van der Waals surface area contributed by atoms with Crippen molar-refractivity contribution in [2.24, 2.45) is 0 Å². The molecule has 5 nitrogen and oxygen atoms in total. The Hall–Kier alpha value is -2.18. The van der Waals surface area contributed by atoms with Crippen molar-refractivity contribution in [3.63, 3.8) is 0 Å². The molecule has 3 rings (SSSR count). The predicted molar refractivity (Wildman–Crippen MR) is 92.1 cm³/mol. The number of benzene rings is 2. The first-order chi connectivity index (χ1) is 11.5. The van der Waals surface area contributed by atoms with E-state index in [1.165, 1.54) is 24.3 Å². The second-order valence-electron chi connectivity index (χ2n) is 6.03. The Labute approximate surface area is 142 Å². The summed E-state index contributed by atoms with van der Waals surface area (Å²) in [6.45, 7) is 1.91. The molecule has 1 unspecified atom stereocenters. The van der Waals surface area contributed by atoms with Crippen molar-refractivity contribution >= 4 is 15.9 Å². The van der Waals surface area contributed by atoms with E-state index in [4.69, 9.17) is 0 Å². The first kappa shape index (κ1) is 16.7. The molecule has 2 aromatic rings. The van der Waals surface area contributed by atoms with E-state index < -0.39 is 10.0 Å². The summed E-state index contributed by atoms with van der Waals surface area (Å²) in [6, 6.07) is 15.6. The Balaban J connectivity index is 1.67. The van der Waals surface area contributed by atoms with Gasteiger partial charge in [0.2, 0.25) is 10.0 Å². The second-order valence-corrected chi connectivity index (χ2v) is 7.74. The maximum absolute atomic E-state index is 12.3. The molecule has 0 bridgehead atoms. The first-order valence-electron chi connectivity index (χ1n) is 7.94. The van der Waals surface area contributed by atoms with Gasteiger partial charge in [-0.15, -0.1) is 0 Å². The summed E-state index contributed by atoms with van der Waals surface area (Å²) in [5.41, 5.74) is 1.45. The molecule has 0 aliphatic heterocycles. The molecule has 126 valence electrons. The van der Waals surface area contributed by atoms with Crippen LogP contribution in [0.2, 0.25) is 0 Å². The highest BCUT2D eigenvalue weighted by molar-refractivity contribution is 7.89. The zero-order valence-electron chi connectivity index (χ0n) is 13.4. The van der Waals surface area contributed by atoms with Crippen molar-refractivity contribution in [2.45, 2.75) is 36.7 Å². The van der Waals surface area contributed by atoms with E-state index in [-0.39, 0.29) is 22.9 Å². The highest BCUT2D eigenvalue weighted by Crippen LogP contribution is 2.22. The number of nitrogens with one attached hydrogen (secondary N) is 2. The Bertz CT molecular complexity index is 813. The molecule has 0 saturated heterocycles. The van der Waals surface area contributed by atoms with Gasteiger partial charge in [-0.1, -0.05) is 30.3 Å². The lowest BCUT2D eigenvalue weighted by molar-refractivity contribution is 0.0940. The van der Waals surface area contributed by atoms with Gasteiger partial charge in [-0.2, -0.15) is 0 Å². The molecule has 2 aromatic carbocycles. The standard InChI is InChI=1S/C18H20N2O3S/c1-13(14-5-3-2-4-6-14)19-18(21)15-7-11-17(12-8-15)24(22,23)20-16-9-10-16/h2-8,11-13,16,20H,9-10H2,1H3,(H,19,21). The third-order valence-electron chi connectivity index (χ3n) is 3.97. The number of hydrogen-bond donors (Lipinski definition) is 2. The molecule has 0 aromatic heterocycles. The summed E-state index contributed by atoms with van der Waals surface area (Å²) < 4.78 is 26.9. The maximum Gasteiger partial charge on any atom is 0.251 e. The molecular weight excluding hydrogens is 324 g/mol. The van der Waals surface area contributed by atoms with Crippen molar-refractivity contribution < 1.29 is 13.2 Å². The van der Waals surface area contributed by atoms with Gasteiger partial charge in [0.05, 0.1) is 10.9 Å². The molecule has 2 N–H and O–H groups in total. The minimum absolute atomic E-state index is 0.0599. The van der Waals surface area contributed by atoms with Gasteiger partial charge in [0.15, 0.2) is 0 Å². The van der Waals surface area contributed by atoms with Crippen LogP contribution in [0.3, 0.4) is 0 Å². The van der Waals surface area contributed by atoms with Gasteiger partial charge in [-0.05, 0) is 49.6 Å². The molecule has 0 spiro atoms. The molecule has 1 amide bonds. The number of rotatable bonds is 6. The SMILES string of the molecule is CC(NC(=O)c1ccc(S(=O)(=O)NC2CC2)cc1)c1ccccc1. The van der Waals surface area contributed by atoms with Crippen molar-refractivity contribution in [3.8, 4) is 0 Å². The van der Waals surface area contributed by atoms with Gasteiger partial charge >= 0.3 is 0 Å². The number of amides is 1. The van der Waals surface area contributed by atoms with Crippen molar-refractivity contribution in [2.75, 3.05) is 0 Å². The Morgan fingerprint density at radius 1 is 1.04 bits per heavy atom. The summed E-state index contributed by atoms with van der Waals surface area (Å²) in [5.74, 6) is -0.231. The molecule has 1 aliphatic carbocycles. The fourth-order valence-electron chi connectivity index (χ4n) is 2.38. The van der Waals surface area contributed by atoms with Crippen LogP contribution in [0.1, 0.15) is 41.7 Å². The fourth-order valence-corrected chi connectivity index (χ4v) is 3.68. The third kappa shape index (κ3) is 4.01. The van der Waals surface area contributed by atoms with Crippen LogP contribution < -0.4 is 10.0 Å². The number of carbonyl (C=O) groups is 1. The zero-order valence-corrected chi connectivity index (χ0v) is 14.2. The van der Waals surface area contributed by atoms with Crippen LogP contribution in [0, 0.1) is 0 Å². The normalized spacial score (nSPS) is 15.7. The second kappa shape index (κ2) is 6.75. The highest BCUT2D eigenvalue weighted by atomic mass is 32.2. The van der Waals surface area contributed by atoms with Crippen LogP contribution in [0.4, 0.5) is 0 Å². The van der Waals surface area contributed by atoms with Gasteiger partial charge in [-0.25, -0.2) is 13.1 Å². The van der Waals surface area contributed by atoms with E-state index in [0.29, 0.717) is 5.56 Å². The van der Waals surface area contributed by atoms with E-state index >= 15 is 0 Å². The average molecular weight is 344 g/mol. The van der Waals surface area contributed by atoms with Crippen LogP contribution in [0.5, 0.6) is 0 Å². The van der Waals surface area contributed by atoms with Crippen molar-refractivity contribution in [1.82, 2.24) is 10.0 Å². The predicted octanol–water partition coefficient (Wildman–Crippen LogP) is 2.62. The van der Waals surface area contributed by atoms with E-state index in [2.05, 4.69) is 10.0 Å². The summed E-state index contributed by atoms with van der Waals surface area (Å²) in [6.07, 6.45) is 1.77. The molecular formula is C18H20N2O3S. The van der Waals surface area contributed by atoms with Crippen LogP contribution in [0.25, 0.3) is 0 Å². The topological polar surface area (TPSA) is 75.3 Å². The highest BCUT2D eigenvalue weighted by Gasteiger charge is 2.28. The molecule has 1 saturated carbocycles. The fraction of sp³-hybridized carbons (Fsp3) is 0.278. The Kier molecular flexibility index (Phi) is 4.69. The molecule has 24 heavy (non-hydrogen) atoms. The molecule has 1 aliphatic rings. The van der Waals surface area contributed by atoms with Crippen molar-refractivity contribution in [1.29, 1.82) is 0 Å². The Morgan fingerprint density at radius 2 is 1.67 bits per heavy atom. The molecule has 0 heterocycles. The van der Waals surface area contributed by atoms with E-state index in [1.54, 1.807) is 0 Å². The minimum Gasteiger partial charge on any atom is -0.346 e. The zero-order chi connectivity index (χ0) is 17.2. The molecule has 1 fully saturated rings. The maximum atomic E-state index is 12.3. The quantitative estimate of drug-likeness (QED) is 0.846. The lowest BCUT2D eigenvalue weighted by Crippen LogP contribution is -2.27. The van der Waals surface area contributed by atoms with Gasteiger partial charge in [-0.3, -0.25) is 4.79 Å². The summed E-state index contributed by atoms with van der Waals surface area (Å²) >= 11 is 0. The lowest BCUT2D eigenvalue weighted by Gasteiger charge is -2.14. The largest absolute Gasteiger partial charge is 0.346 e. The molecule has 6 heteroatoms. The third-order valence-corrected chi connectivity index (χ3v) is 5.51. The molecule has 1 atom stereocenters. The number of sulfonamides is 1. The summed E-state index contributed by atoms with van der Waals surface area (Å²) in [5, 5.41) is 2.91. The Morgan fingerprint density at radius 3 is 2.25 bits per heavy atom. The van der Waals surface area contributed by atoms with Crippen molar-refractivity contribution in [3.05, 3.63) is 65.7 Å². The smallest absolute Gasteiger partial charge is 0.251 e. The van der Waals surface area contributed by atoms with Gasteiger partial charge in [0.25, 0.3) is 5.91 Å². The number of hydrogen-bond acceptors (Lipinski definition) is 3. The number of carbonyl (C=O) groups excluding carboxylic acids is 1. The van der Waals surface area contributed by atoms with E-state index in [9.17, 15) is 13.2 Å². The van der Waals surface area contributed by atoms with Crippen LogP contribution >= 0.6 is 0 Å². The average Bonchev–Trinajstić information content (AvgIpc) is 3.39. The van der Waals surface area contributed by atoms with Gasteiger partial charge < -0.3 is 5.32 Å². The summed E-state index contributed by atoms with van der Waals surface area (Å²) in [4.78, 5) is 12.5. The van der Waals surface area contributed by atoms with E-state index in [1.807, 2.05) is 37.3 Å². The van der Waals surface area contributed by atoms with Gasteiger partial charge in [0, 0.05) is 11.6 Å². The van der Waals surface area contributed by atoms with E-state index in [0.717, 1.165) is 18.4 Å². The van der Waals surface area contributed by atoms with Crippen LogP contribution in [0.15, 0.2) is 59.5 Å². The van der Waals surface area contributed by atoms with Crippen LogP contribution in [-0.4, -0.2) is 20.4 Å². The lowest BCUT2D eigenvalue weighted by atomic mass is 10.1. The van der Waals surface area contributed by atoms with Crippen LogP contribution in [-0.2, 0) is 10.0 Å². The monoisotopic (exact) mass is 344 g/mol. The van der Waals surface area contributed by atoms with Gasteiger partial charge in [0.1, 0.15) is 0 Å². The minimum atomic E-state index is -3.49.